The van der Waals surface area contributed by atoms with Gasteiger partial charge in [-0.15, -0.1) is 0 Å². The van der Waals surface area contributed by atoms with Gasteiger partial charge in [0, 0.05) is 5.92 Å². The number of carbonyl (C=O) groups is 2. The highest BCUT2D eigenvalue weighted by Crippen LogP contribution is 2.41. The van der Waals surface area contributed by atoms with Gasteiger partial charge in [-0.25, -0.2) is 8.42 Å². The number of sulfone groups is 1. The van der Waals surface area contributed by atoms with E-state index in [2.05, 4.69) is 5.32 Å². The normalized spacial score (nSPS) is 24.4. The maximum Gasteiger partial charge on any atom is 0.323 e. The summed E-state index contributed by atoms with van der Waals surface area (Å²) in [4.78, 5) is 25.8. The largest absolute Gasteiger partial charge is 0.468 e. The molecule has 1 aliphatic rings. The molecule has 3 rings (SSSR count). The summed E-state index contributed by atoms with van der Waals surface area (Å²) in [5, 5.41) is 1.96. The first kappa shape index (κ1) is 21.2. The molecule has 0 amide bonds. The van der Waals surface area contributed by atoms with Crippen molar-refractivity contribution in [3.05, 3.63) is 66.2 Å². The van der Waals surface area contributed by atoms with Crippen molar-refractivity contribution in [2.45, 2.75) is 36.1 Å². The second-order valence-electron chi connectivity index (χ2n) is 7.46. The number of rotatable bonds is 6. The van der Waals surface area contributed by atoms with Crippen molar-refractivity contribution in [2.24, 2.45) is 11.8 Å². The summed E-state index contributed by atoms with van der Waals surface area (Å²) in [7, 11) is -2.70. The van der Waals surface area contributed by atoms with Crippen molar-refractivity contribution < 1.29 is 22.7 Å². The van der Waals surface area contributed by atoms with Crippen molar-refractivity contribution in [2.75, 3.05) is 7.11 Å². The molecular weight excluding hydrogens is 390 g/mol. The van der Waals surface area contributed by atoms with Crippen LogP contribution in [0.15, 0.2) is 65.6 Å². The van der Waals surface area contributed by atoms with Gasteiger partial charge in [-0.2, -0.15) is 0 Å². The Labute approximate surface area is 171 Å². The molecule has 29 heavy (non-hydrogen) atoms. The molecule has 0 unspecified atom stereocenters. The molecular formula is C22H25NO5S. The topological polar surface area (TPSA) is 89.5 Å². The van der Waals surface area contributed by atoms with Crippen LogP contribution in [-0.2, 0) is 24.2 Å². The van der Waals surface area contributed by atoms with E-state index < -0.39 is 45.0 Å². The highest BCUT2D eigenvalue weighted by atomic mass is 32.2. The summed E-state index contributed by atoms with van der Waals surface area (Å²) < 4.78 is 32.2. The lowest BCUT2D eigenvalue weighted by Gasteiger charge is -2.25. The minimum absolute atomic E-state index is 0.125. The minimum atomic E-state index is -3.93. The van der Waals surface area contributed by atoms with Crippen LogP contribution in [0, 0.1) is 11.8 Å². The SMILES string of the molecule is COC(=O)[C@@H]1N[C@H](c2ccccc2)[C@@H](S(=O)(=O)c2ccccc2)[C@@H]1C(=O)C(C)C. The van der Waals surface area contributed by atoms with Gasteiger partial charge in [0.1, 0.15) is 11.8 Å². The molecule has 1 saturated heterocycles. The van der Waals surface area contributed by atoms with Gasteiger partial charge in [-0.3, -0.25) is 14.9 Å². The van der Waals surface area contributed by atoms with Gasteiger partial charge in [0.2, 0.25) is 0 Å². The molecule has 0 aromatic heterocycles. The van der Waals surface area contributed by atoms with E-state index in [4.69, 9.17) is 4.74 Å². The standard InChI is InChI=1S/C22H25NO5S/c1-14(2)20(24)17-19(22(25)28-3)23-18(15-10-6-4-7-11-15)21(17)29(26,27)16-12-8-5-9-13-16/h4-14,17-19,21,23H,1-3H3/t17-,18+,19+,21-/m0/s1. The van der Waals surface area contributed by atoms with E-state index in [0.29, 0.717) is 5.56 Å². The van der Waals surface area contributed by atoms with Crippen molar-refractivity contribution in [1.29, 1.82) is 0 Å². The van der Waals surface area contributed by atoms with Crippen LogP contribution in [0.5, 0.6) is 0 Å². The third kappa shape index (κ3) is 3.97. The second-order valence-corrected chi connectivity index (χ2v) is 9.57. The Morgan fingerprint density at radius 2 is 1.52 bits per heavy atom. The summed E-state index contributed by atoms with van der Waals surface area (Å²) in [6.45, 7) is 3.41. The van der Waals surface area contributed by atoms with Crippen molar-refractivity contribution >= 4 is 21.6 Å². The van der Waals surface area contributed by atoms with Crippen LogP contribution in [-0.4, -0.2) is 38.6 Å². The predicted molar refractivity (Wildman–Crippen MR) is 109 cm³/mol. The van der Waals surface area contributed by atoms with E-state index in [1.165, 1.54) is 19.2 Å². The zero-order valence-electron chi connectivity index (χ0n) is 16.6. The van der Waals surface area contributed by atoms with Gasteiger partial charge >= 0.3 is 5.97 Å². The van der Waals surface area contributed by atoms with E-state index in [1.807, 2.05) is 6.07 Å². The fourth-order valence-corrected chi connectivity index (χ4v) is 6.05. The van der Waals surface area contributed by atoms with Crippen molar-refractivity contribution in [3.8, 4) is 0 Å². The Balaban J connectivity index is 2.20. The van der Waals surface area contributed by atoms with Crippen LogP contribution in [0.25, 0.3) is 0 Å². The molecule has 4 atom stereocenters. The first-order valence-electron chi connectivity index (χ1n) is 9.50. The number of nitrogens with one attached hydrogen (secondary N) is 1. The number of ether oxygens (including phenoxy) is 1. The molecule has 0 spiro atoms. The van der Waals surface area contributed by atoms with Crippen LogP contribution >= 0.6 is 0 Å². The van der Waals surface area contributed by atoms with Gasteiger partial charge in [-0.05, 0) is 17.7 Å². The predicted octanol–water partition coefficient (Wildman–Crippen LogP) is 2.56. The van der Waals surface area contributed by atoms with Crippen LogP contribution in [0.4, 0.5) is 0 Å². The number of carbonyl (C=O) groups excluding carboxylic acids is 2. The third-order valence-electron chi connectivity index (χ3n) is 5.34. The Kier molecular flexibility index (Phi) is 6.19. The lowest BCUT2D eigenvalue weighted by molar-refractivity contribution is -0.146. The number of ketones is 1. The number of hydrogen-bond acceptors (Lipinski definition) is 6. The molecule has 1 fully saturated rings. The van der Waals surface area contributed by atoms with Gasteiger partial charge < -0.3 is 4.74 Å². The Morgan fingerprint density at radius 1 is 0.966 bits per heavy atom. The Bertz CT molecular complexity index is 973. The number of benzene rings is 2. The van der Waals surface area contributed by atoms with Gasteiger partial charge in [0.25, 0.3) is 0 Å². The van der Waals surface area contributed by atoms with Gasteiger partial charge in [0.15, 0.2) is 9.84 Å². The number of esters is 1. The van der Waals surface area contributed by atoms with Gasteiger partial charge in [0.05, 0.1) is 29.2 Å². The maximum atomic E-state index is 13.7. The molecule has 6 nitrogen and oxygen atoms in total. The molecule has 1 aliphatic heterocycles. The first-order chi connectivity index (χ1) is 13.8. The Hall–Kier alpha value is -2.51. The zero-order valence-corrected chi connectivity index (χ0v) is 17.4. The fraction of sp³-hybridized carbons (Fsp3) is 0.364. The minimum Gasteiger partial charge on any atom is -0.468 e. The van der Waals surface area contributed by atoms with Crippen LogP contribution in [0.3, 0.4) is 0 Å². The number of methoxy groups -OCH3 is 1. The molecule has 1 N–H and O–H groups in total. The Morgan fingerprint density at radius 3 is 2.03 bits per heavy atom. The molecule has 0 aliphatic carbocycles. The first-order valence-corrected chi connectivity index (χ1v) is 11.0. The highest BCUT2D eigenvalue weighted by molar-refractivity contribution is 7.92. The molecule has 2 aromatic carbocycles. The average Bonchev–Trinajstić information content (AvgIpc) is 3.15. The highest BCUT2D eigenvalue weighted by Gasteiger charge is 2.56. The van der Waals surface area contributed by atoms with E-state index in [9.17, 15) is 18.0 Å². The van der Waals surface area contributed by atoms with Crippen LogP contribution in [0.1, 0.15) is 25.5 Å². The monoisotopic (exact) mass is 415 g/mol. The van der Waals surface area contributed by atoms with E-state index >= 15 is 0 Å². The molecule has 2 aromatic rings. The summed E-state index contributed by atoms with van der Waals surface area (Å²) >= 11 is 0. The van der Waals surface area contributed by atoms with E-state index in [-0.39, 0.29) is 10.7 Å². The lowest BCUT2D eigenvalue weighted by atomic mass is 9.87. The molecule has 0 bridgehead atoms. The molecule has 0 radical (unpaired) electrons. The third-order valence-corrected chi connectivity index (χ3v) is 7.55. The summed E-state index contributed by atoms with van der Waals surface area (Å²) in [6, 6.07) is 15.3. The molecule has 1 heterocycles. The smallest absolute Gasteiger partial charge is 0.323 e. The molecule has 0 saturated carbocycles. The van der Waals surface area contributed by atoms with Crippen molar-refractivity contribution in [1.82, 2.24) is 5.32 Å². The molecule has 7 heteroatoms. The average molecular weight is 416 g/mol. The van der Waals surface area contributed by atoms with E-state index in [1.54, 1.807) is 56.3 Å². The fourth-order valence-electron chi connectivity index (χ4n) is 3.93. The lowest BCUT2D eigenvalue weighted by Crippen LogP contribution is -2.44. The van der Waals surface area contributed by atoms with Crippen LogP contribution in [0.2, 0.25) is 0 Å². The van der Waals surface area contributed by atoms with Crippen LogP contribution < -0.4 is 5.32 Å². The summed E-state index contributed by atoms with van der Waals surface area (Å²) in [6.07, 6.45) is 0. The molecule has 154 valence electrons. The van der Waals surface area contributed by atoms with Gasteiger partial charge in [-0.1, -0.05) is 62.4 Å². The second kappa shape index (κ2) is 8.47. The van der Waals surface area contributed by atoms with Crippen molar-refractivity contribution in [3.63, 3.8) is 0 Å². The zero-order chi connectivity index (χ0) is 21.2. The summed E-state index contributed by atoms with van der Waals surface area (Å²) in [5.74, 6) is -2.42. The van der Waals surface area contributed by atoms with E-state index in [0.717, 1.165) is 0 Å². The summed E-state index contributed by atoms with van der Waals surface area (Å²) in [5.41, 5.74) is 0.699. The number of Topliss-reactive ketones (excluding diaryl/α,β-unsaturated/α-hetero) is 1. The number of hydrogen-bond donors (Lipinski definition) is 1. The maximum absolute atomic E-state index is 13.7. The quantitative estimate of drug-likeness (QED) is 0.730.